The molecule has 7 heteroatoms. The maximum Gasteiger partial charge on any atom is 0.280 e. The van der Waals surface area contributed by atoms with E-state index in [1.54, 1.807) is 11.7 Å². The Morgan fingerprint density at radius 3 is 2.75 bits per heavy atom. The molecule has 110 valence electrons. The van der Waals surface area contributed by atoms with Gasteiger partial charge in [0.25, 0.3) is 5.56 Å². The molecular weight excluding hydrogens is 256 g/mol. The molecule has 0 aliphatic heterocycles. The molecule has 0 fully saturated rings. The minimum Gasteiger partial charge on any atom is -0.315 e. The van der Waals surface area contributed by atoms with Crippen molar-refractivity contribution in [3.05, 3.63) is 16.6 Å². The monoisotopic (exact) mass is 278 g/mol. The second-order valence-electron chi connectivity index (χ2n) is 6.18. The van der Waals surface area contributed by atoms with Crippen molar-refractivity contribution in [3.63, 3.8) is 0 Å². The summed E-state index contributed by atoms with van der Waals surface area (Å²) in [6, 6.07) is 0. The van der Waals surface area contributed by atoms with Crippen LogP contribution in [0.2, 0.25) is 0 Å². The number of fused-ring (bicyclic) bond motifs is 1. The van der Waals surface area contributed by atoms with Crippen LogP contribution in [-0.2, 0) is 13.6 Å². The van der Waals surface area contributed by atoms with Crippen LogP contribution in [-0.4, -0.2) is 37.9 Å². The van der Waals surface area contributed by atoms with Crippen molar-refractivity contribution in [3.8, 4) is 0 Å². The van der Waals surface area contributed by atoms with E-state index in [-0.39, 0.29) is 5.56 Å². The molecule has 0 saturated carbocycles. The molecule has 0 amide bonds. The number of nitrogens with zero attached hydrogens (tertiary/aromatic N) is 5. The van der Waals surface area contributed by atoms with Gasteiger partial charge in [0, 0.05) is 13.6 Å². The van der Waals surface area contributed by atoms with Gasteiger partial charge in [-0.05, 0) is 18.4 Å². The number of rotatable bonds is 5. The van der Waals surface area contributed by atoms with Gasteiger partial charge in [0.2, 0.25) is 0 Å². The van der Waals surface area contributed by atoms with Crippen LogP contribution in [0.3, 0.4) is 0 Å². The highest BCUT2D eigenvalue weighted by molar-refractivity contribution is 5.72. The summed E-state index contributed by atoms with van der Waals surface area (Å²) in [5.41, 5.74) is 0.700. The average Bonchev–Trinajstić information content (AvgIpc) is 2.73. The summed E-state index contributed by atoms with van der Waals surface area (Å²) in [5, 5.41) is 15.8. The van der Waals surface area contributed by atoms with Gasteiger partial charge in [-0.2, -0.15) is 5.10 Å². The Kier molecular flexibility index (Phi) is 4.17. The molecule has 2 heterocycles. The molecule has 2 rings (SSSR count). The molecule has 0 unspecified atom stereocenters. The lowest BCUT2D eigenvalue weighted by Crippen LogP contribution is -2.31. The molecule has 0 radical (unpaired) electrons. The molecular formula is C13H22N6O. The maximum absolute atomic E-state index is 12.1. The van der Waals surface area contributed by atoms with Crippen molar-refractivity contribution < 1.29 is 0 Å². The Labute approximate surface area is 118 Å². The third kappa shape index (κ3) is 3.41. The number of aromatic nitrogens is 5. The molecule has 0 aliphatic rings. The molecule has 1 N–H and O–H groups in total. The average molecular weight is 278 g/mol. The molecule has 0 aliphatic carbocycles. The van der Waals surface area contributed by atoms with Crippen LogP contribution in [0.1, 0.15) is 27.2 Å². The predicted molar refractivity (Wildman–Crippen MR) is 77.5 cm³/mol. The van der Waals surface area contributed by atoms with Crippen LogP contribution >= 0.6 is 0 Å². The largest absolute Gasteiger partial charge is 0.315 e. The van der Waals surface area contributed by atoms with Gasteiger partial charge in [-0.25, -0.2) is 9.36 Å². The zero-order valence-corrected chi connectivity index (χ0v) is 12.6. The van der Waals surface area contributed by atoms with Crippen molar-refractivity contribution in [1.82, 2.24) is 30.1 Å². The SMILES string of the molecule is Cn1ncc2c(=O)n(CCNCCC(C)(C)C)nnc21. The van der Waals surface area contributed by atoms with Crippen molar-refractivity contribution >= 4 is 11.0 Å². The lowest BCUT2D eigenvalue weighted by Gasteiger charge is -2.18. The van der Waals surface area contributed by atoms with E-state index in [1.165, 1.54) is 10.9 Å². The predicted octanol–water partition coefficient (Wildman–Crippen LogP) is 0.551. The Morgan fingerprint density at radius 2 is 2.05 bits per heavy atom. The standard InChI is InChI=1S/C13H22N6O/c1-13(2,3)5-6-14-7-8-19-12(20)10-9-15-18(4)11(10)16-17-19/h9,14H,5-8H2,1-4H3. The van der Waals surface area contributed by atoms with Crippen molar-refractivity contribution in [2.75, 3.05) is 13.1 Å². The Hall–Kier alpha value is -1.76. The molecule has 0 saturated heterocycles. The number of aryl methyl sites for hydroxylation is 1. The summed E-state index contributed by atoms with van der Waals surface area (Å²) < 4.78 is 2.93. The summed E-state index contributed by atoms with van der Waals surface area (Å²) in [5.74, 6) is 0. The molecule has 7 nitrogen and oxygen atoms in total. The second-order valence-corrected chi connectivity index (χ2v) is 6.18. The lowest BCUT2D eigenvalue weighted by atomic mass is 9.92. The number of hydrogen-bond acceptors (Lipinski definition) is 5. The highest BCUT2D eigenvalue weighted by Gasteiger charge is 2.10. The van der Waals surface area contributed by atoms with E-state index in [9.17, 15) is 4.79 Å². The van der Waals surface area contributed by atoms with E-state index in [0.29, 0.717) is 29.5 Å². The van der Waals surface area contributed by atoms with E-state index < -0.39 is 0 Å². The normalized spacial score (nSPS) is 12.2. The van der Waals surface area contributed by atoms with Crippen LogP contribution in [0, 0.1) is 5.41 Å². The minimum absolute atomic E-state index is 0.138. The fourth-order valence-corrected chi connectivity index (χ4v) is 1.90. The molecule has 0 aromatic carbocycles. The summed E-state index contributed by atoms with van der Waals surface area (Å²) >= 11 is 0. The first-order valence-electron chi connectivity index (χ1n) is 6.85. The van der Waals surface area contributed by atoms with Crippen LogP contribution in [0.5, 0.6) is 0 Å². The first kappa shape index (κ1) is 14.6. The molecule has 0 bridgehead atoms. The van der Waals surface area contributed by atoms with E-state index in [4.69, 9.17) is 0 Å². The Balaban J connectivity index is 1.94. The second kappa shape index (κ2) is 5.70. The first-order chi connectivity index (χ1) is 9.38. The van der Waals surface area contributed by atoms with Gasteiger partial charge < -0.3 is 5.32 Å². The number of nitrogens with one attached hydrogen (secondary N) is 1. The summed E-state index contributed by atoms with van der Waals surface area (Å²) in [6.45, 7) is 8.78. The lowest BCUT2D eigenvalue weighted by molar-refractivity contribution is 0.363. The molecule has 2 aromatic rings. The van der Waals surface area contributed by atoms with Gasteiger partial charge in [-0.15, -0.1) is 5.10 Å². The van der Waals surface area contributed by atoms with E-state index in [2.05, 4.69) is 41.5 Å². The maximum atomic E-state index is 12.1. The van der Waals surface area contributed by atoms with E-state index >= 15 is 0 Å². The zero-order chi connectivity index (χ0) is 14.8. The van der Waals surface area contributed by atoms with Gasteiger partial charge in [0.05, 0.1) is 12.7 Å². The summed E-state index contributed by atoms with van der Waals surface area (Å²) in [7, 11) is 1.74. The van der Waals surface area contributed by atoms with Gasteiger partial charge in [-0.1, -0.05) is 26.0 Å². The van der Waals surface area contributed by atoms with Gasteiger partial charge in [-0.3, -0.25) is 4.79 Å². The van der Waals surface area contributed by atoms with Gasteiger partial charge >= 0.3 is 0 Å². The minimum atomic E-state index is -0.138. The molecule has 0 atom stereocenters. The van der Waals surface area contributed by atoms with Crippen LogP contribution in [0.25, 0.3) is 11.0 Å². The van der Waals surface area contributed by atoms with Crippen LogP contribution in [0.4, 0.5) is 0 Å². The zero-order valence-electron chi connectivity index (χ0n) is 12.6. The Morgan fingerprint density at radius 1 is 1.30 bits per heavy atom. The first-order valence-corrected chi connectivity index (χ1v) is 6.85. The highest BCUT2D eigenvalue weighted by Crippen LogP contribution is 2.16. The third-order valence-corrected chi connectivity index (χ3v) is 3.17. The van der Waals surface area contributed by atoms with Gasteiger partial charge in [0.1, 0.15) is 5.39 Å². The van der Waals surface area contributed by atoms with Crippen molar-refractivity contribution in [1.29, 1.82) is 0 Å². The van der Waals surface area contributed by atoms with E-state index in [1.807, 2.05) is 0 Å². The Bertz CT molecular complexity index is 636. The molecule has 20 heavy (non-hydrogen) atoms. The fraction of sp³-hybridized carbons (Fsp3) is 0.692. The third-order valence-electron chi connectivity index (χ3n) is 3.17. The quantitative estimate of drug-likeness (QED) is 0.808. The summed E-state index contributed by atoms with van der Waals surface area (Å²) in [4.78, 5) is 12.1. The van der Waals surface area contributed by atoms with Gasteiger partial charge in [0.15, 0.2) is 5.65 Å². The van der Waals surface area contributed by atoms with Crippen molar-refractivity contribution in [2.24, 2.45) is 12.5 Å². The summed E-state index contributed by atoms with van der Waals surface area (Å²) in [6.07, 6.45) is 2.63. The highest BCUT2D eigenvalue weighted by atomic mass is 16.1. The molecule has 2 aromatic heterocycles. The smallest absolute Gasteiger partial charge is 0.280 e. The van der Waals surface area contributed by atoms with E-state index in [0.717, 1.165) is 13.0 Å². The van der Waals surface area contributed by atoms with Crippen LogP contribution < -0.4 is 10.9 Å². The van der Waals surface area contributed by atoms with Crippen molar-refractivity contribution in [2.45, 2.75) is 33.7 Å². The molecule has 0 spiro atoms. The van der Waals surface area contributed by atoms with Crippen LogP contribution in [0.15, 0.2) is 11.0 Å². The number of hydrogen-bond donors (Lipinski definition) is 1. The topological polar surface area (TPSA) is 77.6 Å². The fourth-order valence-electron chi connectivity index (χ4n) is 1.90.